The van der Waals surface area contributed by atoms with Crippen molar-refractivity contribution in [1.82, 2.24) is 9.97 Å². The van der Waals surface area contributed by atoms with E-state index in [2.05, 4.69) is 9.97 Å². The summed E-state index contributed by atoms with van der Waals surface area (Å²) in [7, 11) is 1.53. The maximum Gasteiger partial charge on any atom is 0.323 e. The minimum atomic E-state index is -0.310. The Morgan fingerprint density at radius 3 is 2.59 bits per heavy atom. The summed E-state index contributed by atoms with van der Waals surface area (Å²) >= 11 is 6.30. The molecule has 0 saturated carbocycles. The molecule has 3 aromatic rings. The monoisotopic (exact) mass is 386 g/mol. The number of halogens is 1. The number of nitrogens with one attached hydrogen (secondary N) is 2. The zero-order chi connectivity index (χ0) is 19.6. The third kappa shape index (κ3) is 4.23. The van der Waals surface area contributed by atoms with Crippen LogP contribution in [0.4, 0.5) is 0 Å². The largest absolute Gasteiger partial charge is 0.493 e. The van der Waals surface area contributed by atoms with Crippen molar-refractivity contribution in [2.24, 2.45) is 0 Å². The van der Waals surface area contributed by atoms with Gasteiger partial charge in [0.15, 0.2) is 17.3 Å². The topological polar surface area (TPSA) is 84.2 Å². The van der Waals surface area contributed by atoms with Crippen LogP contribution in [-0.2, 0) is 0 Å². The molecule has 1 heterocycles. The summed E-state index contributed by atoms with van der Waals surface area (Å²) in [6, 6.07) is 8.43. The van der Waals surface area contributed by atoms with E-state index in [1.807, 2.05) is 13.8 Å². The first-order valence-corrected chi connectivity index (χ1v) is 8.74. The molecule has 0 bridgehead atoms. The van der Waals surface area contributed by atoms with Gasteiger partial charge >= 0.3 is 5.69 Å². The molecule has 3 rings (SSSR count). The highest BCUT2D eigenvalue weighted by Crippen LogP contribution is 2.37. The SMILES string of the molecule is COc1cc(C=CC(=O)c2ccc3[nH]c(=O)[nH]c3c2)cc(Cl)c1OC(C)C. The van der Waals surface area contributed by atoms with Gasteiger partial charge in [0.05, 0.1) is 29.3 Å². The summed E-state index contributed by atoms with van der Waals surface area (Å²) in [5.41, 5.74) is 2.09. The Hall–Kier alpha value is -2.99. The number of ketones is 1. The maximum absolute atomic E-state index is 12.4. The lowest BCUT2D eigenvalue weighted by atomic mass is 10.1. The number of aromatic nitrogens is 2. The van der Waals surface area contributed by atoms with Crippen LogP contribution in [0, 0.1) is 0 Å². The van der Waals surface area contributed by atoms with E-state index < -0.39 is 0 Å². The quantitative estimate of drug-likeness (QED) is 0.491. The van der Waals surface area contributed by atoms with Crippen molar-refractivity contribution in [3.8, 4) is 11.5 Å². The van der Waals surface area contributed by atoms with Crippen LogP contribution in [0.3, 0.4) is 0 Å². The second kappa shape index (κ2) is 7.72. The molecule has 0 aliphatic heterocycles. The number of benzene rings is 2. The van der Waals surface area contributed by atoms with Gasteiger partial charge in [-0.05, 0) is 55.8 Å². The molecule has 0 aliphatic carbocycles. The lowest BCUT2D eigenvalue weighted by Crippen LogP contribution is -2.07. The summed E-state index contributed by atoms with van der Waals surface area (Å²) in [5.74, 6) is 0.769. The van der Waals surface area contributed by atoms with Crippen molar-refractivity contribution >= 4 is 34.5 Å². The van der Waals surface area contributed by atoms with Gasteiger partial charge in [-0.1, -0.05) is 17.7 Å². The van der Waals surface area contributed by atoms with Crippen molar-refractivity contribution in [1.29, 1.82) is 0 Å². The molecule has 0 unspecified atom stereocenters. The lowest BCUT2D eigenvalue weighted by Gasteiger charge is -2.15. The maximum atomic E-state index is 12.4. The van der Waals surface area contributed by atoms with E-state index >= 15 is 0 Å². The normalized spacial score (nSPS) is 11.4. The highest BCUT2D eigenvalue weighted by Gasteiger charge is 2.13. The van der Waals surface area contributed by atoms with Crippen LogP contribution in [0.5, 0.6) is 11.5 Å². The second-order valence-electron chi connectivity index (χ2n) is 6.24. The fourth-order valence-electron chi connectivity index (χ4n) is 2.64. The van der Waals surface area contributed by atoms with E-state index in [0.29, 0.717) is 38.7 Å². The Kier molecular flexibility index (Phi) is 5.37. The molecule has 2 N–H and O–H groups in total. The number of aromatic amines is 2. The average Bonchev–Trinajstić information content (AvgIpc) is 3.00. The van der Waals surface area contributed by atoms with Gasteiger partial charge in [0.25, 0.3) is 0 Å². The van der Waals surface area contributed by atoms with E-state index in [0.717, 1.165) is 0 Å². The zero-order valence-corrected chi connectivity index (χ0v) is 15.9. The van der Waals surface area contributed by atoms with E-state index in [1.165, 1.54) is 13.2 Å². The first kappa shape index (κ1) is 18.8. The highest BCUT2D eigenvalue weighted by atomic mass is 35.5. The summed E-state index contributed by atoms with van der Waals surface area (Å²) in [6.45, 7) is 3.80. The number of H-pyrrole nitrogens is 2. The fraction of sp³-hybridized carbons (Fsp3) is 0.200. The minimum Gasteiger partial charge on any atom is -0.493 e. The Bertz CT molecular complexity index is 1080. The van der Waals surface area contributed by atoms with Gasteiger partial charge in [0, 0.05) is 5.56 Å². The molecule has 0 amide bonds. The molecule has 6 nitrogen and oxygen atoms in total. The Labute approximate surface area is 160 Å². The van der Waals surface area contributed by atoms with Crippen molar-refractivity contribution in [3.63, 3.8) is 0 Å². The molecule has 1 aromatic heterocycles. The van der Waals surface area contributed by atoms with Crippen LogP contribution in [0.25, 0.3) is 17.1 Å². The Morgan fingerprint density at radius 2 is 1.89 bits per heavy atom. The van der Waals surface area contributed by atoms with Crippen molar-refractivity contribution in [2.45, 2.75) is 20.0 Å². The van der Waals surface area contributed by atoms with Gasteiger partial charge in [-0.2, -0.15) is 0 Å². The summed E-state index contributed by atoms with van der Waals surface area (Å²) in [5, 5.41) is 0.404. The van der Waals surface area contributed by atoms with E-state index in [-0.39, 0.29) is 17.6 Å². The molecule has 0 aliphatic rings. The third-order valence-electron chi connectivity index (χ3n) is 3.83. The van der Waals surface area contributed by atoms with Gasteiger partial charge in [0.1, 0.15) is 0 Å². The highest BCUT2D eigenvalue weighted by molar-refractivity contribution is 6.32. The fourth-order valence-corrected chi connectivity index (χ4v) is 2.90. The first-order chi connectivity index (χ1) is 12.9. The van der Waals surface area contributed by atoms with Gasteiger partial charge in [-0.3, -0.25) is 4.79 Å². The van der Waals surface area contributed by atoms with Crippen LogP contribution in [-0.4, -0.2) is 29.0 Å². The molecule has 0 saturated heterocycles. The molecule has 140 valence electrons. The van der Waals surface area contributed by atoms with Gasteiger partial charge in [0.2, 0.25) is 0 Å². The average molecular weight is 387 g/mol. The van der Waals surface area contributed by atoms with Gasteiger partial charge in [-0.15, -0.1) is 0 Å². The number of hydrogen-bond acceptors (Lipinski definition) is 4. The Morgan fingerprint density at radius 1 is 1.15 bits per heavy atom. The lowest BCUT2D eigenvalue weighted by molar-refractivity contribution is 0.104. The molecule has 0 fully saturated rings. The number of methoxy groups -OCH3 is 1. The molecule has 7 heteroatoms. The standard InChI is InChI=1S/C20H19ClN2O4/c1-11(2)27-19-14(21)8-12(9-18(19)26-3)4-7-17(24)13-5-6-15-16(10-13)23-20(25)22-15/h4-11H,1-3H3,(H2,22,23,25). The number of imidazole rings is 1. The summed E-state index contributed by atoms with van der Waals surface area (Å²) in [4.78, 5) is 29.0. The number of fused-ring (bicyclic) bond motifs is 1. The molecule has 0 atom stereocenters. The molecule has 0 spiro atoms. The smallest absolute Gasteiger partial charge is 0.323 e. The zero-order valence-electron chi connectivity index (χ0n) is 15.1. The van der Waals surface area contributed by atoms with Crippen LogP contribution < -0.4 is 15.2 Å². The number of carbonyl (C=O) groups excluding carboxylic acids is 1. The van der Waals surface area contributed by atoms with Crippen molar-refractivity contribution < 1.29 is 14.3 Å². The molecule has 2 aromatic carbocycles. The number of carbonyl (C=O) groups is 1. The number of allylic oxidation sites excluding steroid dienone is 1. The predicted molar refractivity (Wildman–Crippen MR) is 106 cm³/mol. The van der Waals surface area contributed by atoms with Crippen molar-refractivity contribution in [3.05, 3.63) is 63.0 Å². The second-order valence-corrected chi connectivity index (χ2v) is 6.64. The van der Waals surface area contributed by atoms with Gasteiger partial charge < -0.3 is 19.4 Å². The molecule has 0 radical (unpaired) electrons. The van der Waals surface area contributed by atoms with Crippen molar-refractivity contribution in [2.75, 3.05) is 7.11 Å². The first-order valence-electron chi connectivity index (χ1n) is 8.36. The van der Waals surface area contributed by atoms with Crippen LogP contribution in [0.2, 0.25) is 5.02 Å². The number of ether oxygens (including phenoxy) is 2. The van der Waals surface area contributed by atoms with Crippen LogP contribution >= 0.6 is 11.6 Å². The Balaban J connectivity index is 1.86. The number of hydrogen-bond donors (Lipinski definition) is 2. The number of rotatable bonds is 6. The van der Waals surface area contributed by atoms with Crippen LogP contribution in [0.15, 0.2) is 41.2 Å². The van der Waals surface area contributed by atoms with E-state index in [9.17, 15) is 9.59 Å². The summed E-state index contributed by atoms with van der Waals surface area (Å²) < 4.78 is 11.0. The van der Waals surface area contributed by atoms with E-state index in [4.69, 9.17) is 21.1 Å². The summed E-state index contributed by atoms with van der Waals surface area (Å²) in [6.07, 6.45) is 3.05. The molecular weight excluding hydrogens is 368 g/mol. The minimum absolute atomic E-state index is 0.0471. The third-order valence-corrected chi connectivity index (χ3v) is 4.11. The van der Waals surface area contributed by atoms with Crippen LogP contribution in [0.1, 0.15) is 29.8 Å². The van der Waals surface area contributed by atoms with Gasteiger partial charge in [-0.25, -0.2) is 4.79 Å². The van der Waals surface area contributed by atoms with E-state index in [1.54, 1.807) is 36.4 Å². The predicted octanol–water partition coefficient (Wildman–Crippen LogP) is 4.20. The molecule has 27 heavy (non-hydrogen) atoms. The molecular formula is C20H19ClN2O4.